The number of nitrogens with two attached hydrogens (primary N) is 1. The minimum absolute atomic E-state index is 0.00850. The third-order valence-corrected chi connectivity index (χ3v) is 4.71. The highest BCUT2D eigenvalue weighted by Crippen LogP contribution is 2.34. The second-order valence-electron chi connectivity index (χ2n) is 5.03. The Labute approximate surface area is 142 Å². The first-order valence-electron chi connectivity index (χ1n) is 6.83. The van der Waals surface area contributed by atoms with Gasteiger partial charge in [0.05, 0.1) is 11.3 Å². The smallest absolute Gasteiger partial charge is 0.134 e. The van der Waals surface area contributed by atoms with Gasteiger partial charge in [-0.3, -0.25) is 5.41 Å². The fourth-order valence-electron chi connectivity index (χ4n) is 2.35. The molecule has 2 aromatic heterocycles. The Morgan fingerprint density at radius 2 is 2.04 bits per heavy atom. The molecule has 3 rings (SSSR count). The van der Waals surface area contributed by atoms with Crippen LogP contribution in [0.5, 0.6) is 0 Å². The summed E-state index contributed by atoms with van der Waals surface area (Å²) in [5.41, 5.74) is 7.32. The van der Waals surface area contributed by atoms with Gasteiger partial charge in [-0.25, -0.2) is 9.37 Å². The number of halogens is 2. The summed E-state index contributed by atoms with van der Waals surface area (Å²) < 4.78 is 14.2. The summed E-state index contributed by atoms with van der Waals surface area (Å²) in [6.07, 6.45) is 1.59. The number of anilines is 1. The van der Waals surface area contributed by atoms with Gasteiger partial charge in [-0.15, -0.1) is 11.3 Å². The van der Waals surface area contributed by atoms with E-state index < -0.39 is 5.82 Å². The second kappa shape index (κ2) is 6.10. The van der Waals surface area contributed by atoms with Gasteiger partial charge in [0.15, 0.2) is 0 Å². The van der Waals surface area contributed by atoms with Crippen LogP contribution in [0.2, 0.25) is 5.02 Å². The maximum absolute atomic E-state index is 14.2. The first kappa shape index (κ1) is 15.6. The molecule has 0 amide bonds. The number of hydrogen-bond donors (Lipinski definition) is 2. The maximum atomic E-state index is 14.2. The number of aryl methyl sites for hydroxylation is 1. The molecule has 0 aliphatic heterocycles. The molecule has 0 atom stereocenters. The molecule has 6 heteroatoms. The minimum Gasteiger partial charge on any atom is -0.383 e. The molecule has 3 N–H and O–H groups in total. The average molecular weight is 346 g/mol. The lowest BCUT2D eigenvalue weighted by Crippen LogP contribution is -2.10. The Balaban J connectivity index is 2.17. The highest BCUT2D eigenvalue weighted by Gasteiger charge is 2.19. The van der Waals surface area contributed by atoms with Crippen LogP contribution in [0.15, 0.2) is 42.6 Å². The van der Waals surface area contributed by atoms with Crippen LogP contribution in [0, 0.1) is 18.2 Å². The molecule has 0 saturated heterocycles. The first-order chi connectivity index (χ1) is 11.0. The standard InChI is InChI=1S/C17H13ClFN3S/c1-9-2-5-14(23-9)12-6-7-22-17(21)15(12)16(20)11-4-3-10(18)8-13(11)19/h2-8,20H,1H3,(H2,21,22). The number of nitrogen functional groups attached to an aromatic ring is 1. The van der Waals surface area contributed by atoms with Gasteiger partial charge in [0, 0.05) is 32.1 Å². The summed E-state index contributed by atoms with van der Waals surface area (Å²) >= 11 is 7.37. The van der Waals surface area contributed by atoms with Crippen LogP contribution < -0.4 is 5.73 Å². The number of nitrogens with zero attached hydrogens (tertiary/aromatic N) is 1. The fraction of sp³-hybridized carbons (Fsp3) is 0.0588. The normalized spacial score (nSPS) is 10.7. The summed E-state index contributed by atoms with van der Waals surface area (Å²) in [6.45, 7) is 2.00. The van der Waals surface area contributed by atoms with Gasteiger partial charge in [-0.05, 0) is 43.3 Å². The van der Waals surface area contributed by atoms with E-state index in [-0.39, 0.29) is 22.1 Å². The van der Waals surface area contributed by atoms with E-state index in [0.717, 1.165) is 15.3 Å². The molecule has 1 aromatic carbocycles. The monoisotopic (exact) mass is 345 g/mol. The first-order valence-corrected chi connectivity index (χ1v) is 8.02. The highest BCUT2D eigenvalue weighted by molar-refractivity contribution is 7.15. The van der Waals surface area contributed by atoms with Crippen LogP contribution in [0.25, 0.3) is 10.4 Å². The van der Waals surface area contributed by atoms with Crippen molar-refractivity contribution in [3.05, 3.63) is 69.4 Å². The van der Waals surface area contributed by atoms with Gasteiger partial charge in [0.1, 0.15) is 11.6 Å². The molecule has 0 spiro atoms. The van der Waals surface area contributed by atoms with E-state index in [1.54, 1.807) is 29.7 Å². The molecule has 3 nitrogen and oxygen atoms in total. The Morgan fingerprint density at radius 3 is 2.70 bits per heavy atom. The predicted molar refractivity (Wildman–Crippen MR) is 94.0 cm³/mol. The van der Waals surface area contributed by atoms with Crippen molar-refractivity contribution in [1.82, 2.24) is 4.98 Å². The number of rotatable bonds is 3. The van der Waals surface area contributed by atoms with Gasteiger partial charge in [0.2, 0.25) is 0 Å². The molecule has 0 fully saturated rings. The number of aromatic nitrogens is 1. The highest BCUT2D eigenvalue weighted by atomic mass is 35.5. The zero-order chi connectivity index (χ0) is 16.6. The number of nitrogens with one attached hydrogen (secondary N) is 1. The molecule has 0 aliphatic rings. The molecule has 0 unspecified atom stereocenters. The SMILES string of the molecule is Cc1ccc(-c2ccnc(N)c2C(=N)c2ccc(Cl)cc2F)s1. The summed E-state index contributed by atoms with van der Waals surface area (Å²) in [6, 6.07) is 9.97. The van der Waals surface area contributed by atoms with Crippen molar-refractivity contribution < 1.29 is 4.39 Å². The van der Waals surface area contributed by atoms with E-state index in [1.807, 2.05) is 19.1 Å². The van der Waals surface area contributed by atoms with Crippen molar-refractivity contribution >= 4 is 34.5 Å². The summed E-state index contributed by atoms with van der Waals surface area (Å²) in [4.78, 5) is 6.17. The predicted octanol–water partition coefficient (Wildman–Crippen LogP) is 4.91. The van der Waals surface area contributed by atoms with Crippen LogP contribution in [0.1, 0.15) is 16.0 Å². The van der Waals surface area contributed by atoms with E-state index in [2.05, 4.69) is 4.98 Å². The van der Waals surface area contributed by atoms with Gasteiger partial charge >= 0.3 is 0 Å². The molecule has 0 aliphatic carbocycles. The largest absolute Gasteiger partial charge is 0.383 e. The molecule has 116 valence electrons. The molecule has 23 heavy (non-hydrogen) atoms. The molecule has 3 aromatic rings. The lowest BCUT2D eigenvalue weighted by atomic mass is 9.97. The fourth-order valence-corrected chi connectivity index (χ4v) is 3.41. The Morgan fingerprint density at radius 1 is 1.26 bits per heavy atom. The lowest BCUT2D eigenvalue weighted by molar-refractivity contribution is 0.625. The summed E-state index contributed by atoms with van der Waals surface area (Å²) in [5, 5.41) is 8.71. The molecular formula is C17H13ClFN3S. The zero-order valence-corrected chi connectivity index (χ0v) is 13.8. The average Bonchev–Trinajstić information content (AvgIpc) is 2.93. The van der Waals surface area contributed by atoms with Crippen molar-refractivity contribution in [3.8, 4) is 10.4 Å². The van der Waals surface area contributed by atoms with Gasteiger partial charge in [0.25, 0.3) is 0 Å². The van der Waals surface area contributed by atoms with Crippen LogP contribution in [-0.4, -0.2) is 10.7 Å². The molecule has 0 saturated carbocycles. The minimum atomic E-state index is -0.556. The van der Waals surface area contributed by atoms with E-state index in [1.165, 1.54) is 12.1 Å². The lowest BCUT2D eigenvalue weighted by Gasteiger charge is -2.12. The number of pyridine rings is 1. The Kier molecular flexibility index (Phi) is 4.15. The van der Waals surface area contributed by atoms with Crippen molar-refractivity contribution in [1.29, 1.82) is 5.41 Å². The van der Waals surface area contributed by atoms with Crippen molar-refractivity contribution in [2.45, 2.75) is 6.92 Å². The molecule has 0 radical (unpaired) electrons. The molecular weight excluding hydrogens is 333 g/mol. The quantitative estimate of drug-likeness (QED) is 0.662. The number of hydrogen-bond acceptors (Lipinski definition) is 4. The van der Waals surface area contributed by atoms with Crippen LogP contribution in [-0.2, 0) is 0 Å². The van der Waals surface area contributed by atoms with E-state index in [9.17, 15) is 4.39 Å². The van der Waals surface area contributed by atoms with Crippen molar-refractivity contribution in [2.24, 2.45) is 0 Å². The summed E-state index contributed by atoms with van der Waals surface area (Å²) in [5.74, 6) is -0.355. The maximum Gasteiger partial charge on any atom is 0.134 e. The van der Waals surface area contributed by atoms with Gasteiger partial charge in [-0.2, -0.15) is 0 Å². The second-order valence-corrected chi connectivity index (χ2v) is 6.75. The number of benzene rings is 1. The third kappa shape index (κ3) is 2.98. The number of thiophene rings is 1. The van der Waals surface area contributed by atoms with E-state index >= 15 is 0 Å². The topological polar surface area (TPSA) is 62.8 Å². The van der Waals surface area contributed by atoms with Crippen molar-refractivity contribution in [3.63, 3.8) is 0 Å². The summed E-state index contributed by atoms with van der Waals surface area (Å²) in [7, 11) is 0. The van der Waals surface area contributed by atoms with Gasteiger partial charge in [-0.1, -0.05) is 11.6 Å². The molecule has 0 bridgehead atoms. The van der Waals surface area contributed by atoms with Crippen LogP contribution in [0.3, 0.4) is 0 Å². The molecule has 2 heterocycles. The van der Waals surface area contributed by atoms with Crippen molar-refractivity contribution in [2.75, 3.05) is 5.73 Å². The van der Waals surface area contributed by atoms with Crippen LogP contribution >= 0.6 is 22.9 Å². The zero-order valence-electron chi connectivity index (χ0n) is 12.2. The Hall–Kier alpha value is -2.24. The third-order valence-electron chi connectivity index (χ3n) is 3.44. The van der Waals surface area contributed by atoms with Crippen LogP contribution in [0.4, 0.5) is 10.2 Å². The van der Waals surface area contributed by atoms with E-state index in [0.29, 0.717) is 5.56 Å². The van der Waals surface area contributed by atoms with Gasteiger partial charge < -0.3 is 5.73 Å². The van der Waals surface area contributed by atoms with E-state index in [4.69, 9.17) is 22.7 Å². The Bertz CT molecular complexity index is 905.